The summed E-state index contributed by atoms with van der Waals surface area (Å²) in [5, 5.41) is 1.96. The fourth-order valence-electron chi connectivity index (χ4n) is 4.88. The Morgan fingerprint density at radius 1 is 1.12 bits per heavy atom. The Morgan fingerprint density at radius 2 is 1.78 bits per heavy atom. The van der Waals surface area contributed by atoms with Crippen LogP contribution in [0.3, 0.4) is 0 Å². The summed E-state index contributed by atoms with van der Waals surface area (Å²) in [6, 6.07) is 10.0. The van der Waals surface area contributed by atoms with E-state index in [1.807, 2.05) is 24.4 Å². The van der Waals surface area contributed by atoms with Crippen molar-refractivity contribution >= 4 is 34.7 Å². The Morgan fingerprint density at radius 3 is 2.31 bits per heavy atom. The van der Waals surface area contributed by atoms with E-state index in [0.717, 1.165) is 4.88 Å². The van der Waals surface area contributed by atoms with E-state index in [4.69, 9.17) is 4.74 Å². The number of anilines is 1. The fraction of sp³-hybridized carbons (Fsp3) is 0.480. The molecule has 2 fully saturated rings. The monoisotopic (exact) mass is 454 g/mol. The summed E-state index contributed by atoms with van der Waals surface area (Å²) >= 11 is 1.55. The molecule has 1 atom stereocenters. The van der Waals surface area contributed by atoms with Gasteiger partial charge in [0.05, 0.1) is 25.3 Å². The van der Waals surface area contributed by atoms with Gasteiger partial charge in [0.1, 0.15) is 11.8 Å². The molecule has 1 aliphatic carbocycles. The van der Waals surface area contributed by atoms with Crippen LogP contribution >= 0.6 is 11.3 Å². The highest BCUT2D eigenvalue weighted by atomic mass is 32.1. The molecule has 2 heterocycles. The van der Waals surface area contributed by atoms with Crippen molar-refractivity contribution < 1.29 is 19.1 Å². The molecule has 32 heavy (non-hydrogen) atoms. The molecule has 170 valence electrons. The highest BCUT2D eigenvalue weighted by Crippen LogP contribution is 2.69. The van der Waals surface area contributed by atoms with Crippen LogP contribution in [0.4, 0.5) is 5.69 Å². The number of thiophene rings is 1. The second-order valence-electron chi connectivity index (χ2n) is 9.64. The molecule has 3 amide bonds. The molecule has 1 aromatic carbocycles. The van der Waals surface area contributed by atoms with Crippen LogP contribution in [0, 0.1) is 16.7 Å². The molecule has 2 aromatic rings. The topological polar surface area (TPSA) is 66.9 Å². The van der Waals surface area contributed by atoms with Gasteiger partial charge in [-0.05, 0) is 53.5 Å². The van der Waals surface area contributed by atoms with Crippen molar-refractivity contribution in [2.45, 2.75) is 53.6 Å². The van der Waals surface area contributed by atoms with Gasteiger partial charge in [-0.25, -0.2) is 4.90 Å². The van der Waals surface area contributed by atoms with Crippen molar-refractivity contribution in [3.8, 4) is 5.75 Å². The van der Waals surface area contributed by atoms with Gasteiger partial charge in [-0.1, -0.05) is 33.8 Å². The number of carbonyl (C=O) groups is 3. The Balaban J connectivity index is 1.62. The molecule has 0 bridgehead atoms. The van der Waals surface area contributed by atoms with Crippen LogP contribution < -0.4 is 9.64 Å². The predicted octanol–water partition coefficient (Wildman–Crippen LogP) is 4.49. The van der Waals surface area contributed by atoms with Crippen molar-refractivity contribution in [3.63, 3.8) is 0 Å². The van der Waals surface area contributed by atoms with Crippen LogP contribution in [0.1, 0.15) is 45.9 Å². The number of rotatable bonds is 7. The molecule has 4 rings (SSSR count). The quantitative estimate of drug-likeness (QED) is 0.578. The molecule has 0 spiro atoms. The standard InChI is InChI=1S/C25H30N2O4S/c1-6-31-17-11-9-16(10-12-17)27-20(28)14-19(22(27)29)26(15-18-8-7-13-32-18)23(30)21-24(2,3)25(21,4)5/h7-13,19,21H,6,14-15H2,1-5H3. The van der Waals surface area contributed by atoms with E-state index >= 15 is 0 Å². The number of nitrogens with zero attached hydrogens (tertiary/aromatic N) is 2. The average molecular weight is 455 g/mol. The maximum absolute atomic E-state index is 13.7. The normalized spacial score (nSPS) is 21.7. The summed E-state index contributed by atoms with van der Waals surface area (Å²) in [5.41, 5.74) is 0.192. The third-order valence-electron chi connectivity index (χ3n) is 7.36. The Kier molecular flexibility index (Phi) is 5.65. The van der Waals surface area contributed by atoms with Crippen LogP contribution in [-0.2, 0) is 20.9 Å². The van der Waals surface area contributed by atoms with Crippen molar-refractivity contribution in [2.24, 2.45) is 16.7 Å². The minimum atomic E-state index is -0.795. The van der Waals surface area contributed by atoms with Gasteiger partial charge in [0, 0.05) is 10.8 Å². The first kappa shape index (κ1) is 22.5. The van der Waals surface area contributed by atoms with E-state index in [-0.39, 0.29) is 40.9 Å². The first-order valence-electron chi connectivity index (χ1n) is 11.0. The summed E-state index contributed by atoms with van der Waals surface area (Å²) in [6.45, 7) is 11.1. The lowest BCUT2D eigenvalue weighted by Crippen LogP contribution is -2.46. The number of ether oxygens (including phenoxy) is 1. The largest absolute Gasteiger partial charge is 0.494 e. The molecule has 1 saturated heterocycles. The van der Waals surface area contributed by atoms with Crippen molar-refractivity contribution in [2.75, 3.05) is 11.5 Å². The number of imide groups is 1. The zero-order valence-electron chi connectivity index (χ0n) is 19.3. The molecule has 1 aromatic heterocycles. The fourth-order valence-corrected chi connectivity index (χ4v) is 5.58. The van der Waals surface area contributed by atoms with Crippen LogP contribution in [0.5, 0.6) is 5.75 Å². The minimum absolute atomic E-state index is 0.00324. The zero-order valence-corrected chi connectivity index (χ0v) is 20.1. The van der Waals surface area contributed by atoms with Gasteiger partial charge >= 0.3 is 0 Å². The summed E-state index contributed by atoms with van der Waals surface area (Å²) < 4.78 is 5.46. The second-order valence-corrected chi connectivity index (χ2v) is 10.7. The number of hydrogen-bond donors (Lipinski definition) is 0. The molecular weight excluding hydrogens is 424 g/mol. The Hall–Kier alpha value is -2.67. The summed E-state index contributed by atoms with van der Waals surface area (Å²) in [6.07, 6.45) is -0.00324. The number of benzene rings is 1. The summed E-state index contributed by atoms with van der Waals surface area (Å²) in [5.74, 6) is -0.187. The Labute approximate surface area is 193 Å². The number of amides is 3. The molecule has 6 nitrogen and oxygen atoms in total. The third kappa shape index (κ3) is 3.62. The SMILES string of the molecule is CCOc1ccc(N2C(=O)CC(N(Cc3cccs3)C(=O)C3C(C)(C)C3(C)C)C2=O)cc1. The molecule has 1 aliphatic heterocycles. The number of carbonyl (C=O) groups excluding carboxylic acids is 3. The summed E-state index contributed by atoms with van der Waals surface area (Å²) in [7, 11) is 0. The van der Waals surface area contributed by atoms with Gasteiger partial charge < -0.3 is 9.64 Å². The van der Waals surface area contributed by atoms with E-state index in [9.17, 15) is 14.4 Å². The van der Waals surface area contributed by atoms with E-state index < -0.39 is 6.04 Å². The molecule has 1 saturated carbocycles. The van der Waals surface area contributed by atoms with Gasteiger partial charge in [0.25, 0.3) is 5.91 Å². The second kappa shape index (κ2) is 8.03. The maximum Gasteiger partial charge on any atom is 0.257 e. The van der Waals surface area contributed by atoms with Crippen molar-refractivity contribution in [1.29, 1.82) is 0 Å². The highest BCUT2D eigenvalue weighted by molar-refractivity contribution is 7.09. The minimum Gasteiger partial charge on any atom is -0.494 e. The lowest BCUT2D eigenvalue weighted by atomic mass is 10.0. The van der Waals surface area contributed by atoms with Gasteiger partial charge in [0.15, 0.2) is 0 Å². The predicted molar refractivity (Wildman–Crippen MR) is 124 cm³/mol. The van der Waals surface area contributed by atoms with Gasteiger partial charge in [-0.15, -0.1) is 11.3 Å². The highest BCUT2D eigenvalue weighted by Gasteiger charge is 2.69. The molecular formula is C25H30N2O4S. The average Bonchev–Trinajstić information content (AvgIpc) is 3.15. The first-order valence-corrected chi connectivity index (χ1v) is 11.9. The summed E-state index contributed by atoms with van der Waals surface area (Å²) in [4.78, 5) is 43.9. The molecule has 1 unspecified atom stereocenters. The van der Waals surface area contributed by atoms with Crippen molar-refractivity contribution in [1.82, 2.24) is 4.90 Å². The maximum atomic E-state index is 13.7. The van der Waals surface area contributed by atoms with Crippen LogP contribution in [0.25, 0.3) is 0 Å². The van der Waals surface area contributed by atoms with Gasteiger partial charge in [-0.2, -0.15) is 0 Å². The van der Waals surface area contributed by atoms with Crippen LogP contribution in [0.15, 0.2) is 41.8 Å². The molecule has 0 radical (unpaired) electrons. The van der Waals surface area contributed by atoms with Crippen molar-refractivity contribution in [3.05, 3.63) is 46.7 Å². The smallest absolute Gasteiger partial charge is 0.257 e. The van der Waals surface area contributed by atoms with E-state index in [1.54, 1.807) is 40.5 Å². The van der Waals surface area contributed by atoms with Crippen LogP contribution in [0.2, 0.25) is 0 Å². The molecule has 7 heteroatoms. The van der Waals surface area contributed by atoms with Gasteiger partial charge in [-0.3, -0.25) is 14.4 Å². The molecule has 0 N–H and O–H groups in total. The first-order chi connectivity index (χ1) is 15.1. The molecule has 2 aliphatic rings. The third-order valence-corrected chi connectivity index (χ3v) is 8.22. The Bertz CT molecular complexity index is 1010. The van der Waals surface area contributed by atoms with E-state index in [0.29, 0.717) is 24.6 Å². The lowest BCUT2D eigenvalue weighted by molar-refractivity contribution is -0.141. The lowest BCUT2D eigenvalue weighted by Gasteiger charge is -2.28. The van der Waals surface area contributed by atoms with Crippen LogP contribution in [-0.4, -0.2) is 35.3 Å². The van der Waals surface area contributed by atoms with E-state index in [2.05, 4.69) is 27.7 Å². The van der Waals surface area contributed by atoms with E-state index in [1.165, 1.54) is 4.90 Å². The van der Waals surface area contributed by atoms with Gasteiger partial charge in [0.2, 0.25) is 11.8 Å². The number of hydrogen-bond acceptors (Lipinski definition) is 5. The zero-order chi connectivity index (χ0) is 23.3.